The lowest BCUT2D eigenvalue weighted by Crippen LogP contribution is -2.36. The molecule has 80 valence electrons. The van der Waals surface area contributed by atoms with Crippen LogP contribution in [0.5, 0.6) is 0 Å². The van der Waals surface area contributed by atoms with Gasteiger partial charge in [-0.2, -0.15) is 5.26 Å². The molecule has 0 aliphatic rings. The SMILES string of the molecule is N#CC(=C=N)[n+]1cccc(-c2ccccc2)n1. The van der Waals surface area contributed by atoms with Crippen LogP contribution in [0.2, 0.25) is 0 Å². The number of nitriles is 1. The maximum Gasteiger partial charge on any atom is 0.376 e. The van der Waals surface area contributed by atoms with E-state index in [4.69, 9.17) is 10.7 Å². The molecule has 0 saturated carbocycles. The highest BCUT2D eigenvalue weighted by Crippen LogP contribution is 2.13. The van der Waals surface area contributed by atoms with Gasteiger partial charge in [0.2, 0.25) is 6.20 Å². The second-order valence-corrected chi connectivity index (χ2v) is 3.29. The third-order valence-corrected chi connectivity index (χ3v) is 2.22. The first-order valence-electron chi connectivity index (χ1n) is 5.00. The zero-order chi connectivity index (χ0) is 12.1. The number of hydrogen-bond donors (Lipinski definition) is 1. The van der Waals surface area contributed by atoms with E-state index in [9.17, 15) is 0 Å². The van der Waals surface area contributed by atoms with Crippen molar-refractivity contribution < 1.29 is 4.68 Å². The summed E-state index contributed by atoms with van der Waals surface area (Å²) in [6.45, 7) is 0. The fourth-order valence-electron chi connectivity index (χ4n) is 1.42. The van der Waals surface area contributed by atoms with Gasteiger partial charge in [-0.1, -0.05) is 30.3 Å². The van der Waals surface area contributed by atoms with Crippen LogP contribution in [0.25, 0.3) is 17.0 Å². The van der Waals surface area contributed by atoms with Crippen LogP contribution >= 0.6 is 0 Å². The summed E-state index contributed by atoms with van der Waals surface area (Å²) in [4.78, 5) is 0. The number of aromatic nitrogens is 2. The van der Waals surface area contributed by atoms with E-state index in [2.05, 4.69) is 11.0 Å². The molecule has 0 radical (unpaired) electrons. The Bertz CT molecular complexity index is 619. The summed E-state index contributed by atoms with van der Waals surface area (Å²) >= 11 is 0. The summed E-state index contributed by atoms with van der Waals surface area (Å²) in [6, 6.07) is 15.1. The number of benzene rings is 1. The molecular weight excluding hydrogens is 212 g/mol. The van der Waals surface area contributed by atoms with Crippen molar-refractivity contribution in [2.45, 2.75) is 0 Å². The summed E-state index contributed by atoms with van der Waals surface area (Å²) in [5, 5.41) is 20.1. The lowest BCUT2D eigenvalue weighted by Gasteiger charge is -1.96. The van der Waals surface area contributed by atoms with E-state index in [-0.39, 0.29) is 5.70 Å². The predicted octanol–water partition coefficient (Wildman–Crippen LogP) is 1.65. The highest BCUT2D eigenvalue weighted by atomic mass is 15.3. The average molecular weight is 221 g/mol. The van der Waals surface area contributed by atoms with Crippen molar-refractivity contribution in [3.63, 3.8) is 0 Å². The molecule has 1 N–H and O–H groups in total. The summed E-state index contributed by atoms with van der Waals surface area (Å²) < 4.78 is 1.34. The Morgan fingerprint density at radius 3 is 2.59 bits per heavy atom. The van der Waals surface area contributed by atoms with Crippen LogP contribution in [0.3, 0.4) is 0 Å². The molecule has 0 bridgehead atoms. The molecule has 4 nitrogen and oxygen atoms in total. The summed E-state index contributed by atoms with van der Waals surface area (Å²) in [5.74, 6) is 2.05. The molecular formula is C13H9N4+. The van der Waals surface area contributed by atoms with Gasteiger partial charge in [-0.3, -0.25) is 5.41 Å². The van der Waals surface area contributed by atoms with Gasteiger partial charge in [-0.15, -0.1) is 0 Å². The monoisotopic (exact) mass is 221 g/mol. The first kappa shape index (κ1) is 10.7. The van der Waals surface area contributed by atoms with Gasteiger partial charge in [0.25, 0.3) is 0 Å². The van der Waals surface area contributed by atoms with Gasteiger partial charge < -0.3 is 0 Å². The number of nitrogens with one attached hydrogen (secondary N) is 1. The van der Waals surface area contributed by atoms with Crippen LogP contribution < -0.4 is 4.68 Å². The molecule has 17 heavy (non-hydrogen) atoms. The van der Waals surface area contributed by atoms with Crippen LogP contribution in [0.15, 0.2) is 48.7 Å². The van der Waals surface area contributed by atoms with E-state index < -0.39 is 0 Å². The summed E-state index contributed by atoms with van der Waals surface area (Å²) in [6.07, 6.45) is 1.62. The first-order valence-corrected chi connectivity index (χ1v) is 5.00. The molecule has 0 unspecified atom stereocenters. The van der Waals surface area contributed by atoms with Crippen molar-refractivity contribution in [1.82, 2.24) is 5.10 Å². The zero-order valence-electron chi connectivity index (χ0n) is 8.96. The number of nitrogens with zero attached hydrogens (tertiary/aromatic N) is 3. The molecule has 2 rings (SSSR count). The van der Waals surface area contributed by atoms with Crippen LogP contribution in [0, 0.1) is 16.7 Å². The first-order chi connectivity index (χ1) is 8.35. The predicted molar refractivity (Wildman–Crippen MR) is 62.9 cm³/mol. The van der Waals surface area contributed by atoms with Crippen molar-refractivity contribution in [1.29, 1.82) is 10.7 Å². The van der Waals surface area contributed by atoms with Gasteiger partial charge in [0.05, 0.1) is 5.87 Å². The third kappa shape index (κ3) is 2.25. The maximum absolute atomic E-state index is 8.81. The Kier molecular flexibility index (Phi) is 3.06. The van der Waals surface area contributed by atoms with E-state index >= 15 is 0 Å². The van der Waals surface area contributed by atoms with Crippen LogP contribution in [0.4, 0.5) is 0 Å². The van der Waals surface area contributed by atoms with Crippen LogP contribution in [0.1, 0.15) is 0 Å². The Hall–Kier alpha value is -2.76. The van der Waals surface area contributed by atoms with Gasteiger partial charge in [0, 0.05) is 16.7 Å². The molecule has 1 heterocycles. The van der Waals surface area contributed by atoms with Crippen molar-refractivity contribution in [2.24, 2.45) is 0 Å². The fraction of sp³-hybridized carbons (Fsp3) is 0. The lowest BCUT2D eigenvalue weighted by molar-refractivity contribution is -0.640. The quantitative estimate of drug-likeness (QED) is 0.476. The highest BCUT2D eigenvalue weighted by Gasteiger charge is 2.12. The maximum atomic E-state index is 8.81. The van der Waals surface area contributed by atoms with Gasteiger partial charge in [0.1, 0.15) is 5.69 Å². The van der Waals surface area contributed by atoms with E-state index in [0.29, 0.717) is 0 Å². The molecule has 0 fully saturated rings. The Morgan fingerprint density at radius 2 is 1.94 bits per heavy atom. The number of rotatable bonds is 2. The summed E-state index contributed by atoms with van der Waals surface area (Å²) in [7, 11) is 0. The molecule has 4 heteroatoms. The molecule has 0 aliphatic heterocycles. The smallest absolute Gasteiger partial charge is 0.252 e. The highest BCUT2D eigenvalue weighted by molar-refractivity contribution is 5.80. The summed E-state index contributed by atoms with van der Waals surface area (Å²) in [5.41, 5.74) is 1.77. The average Bonchev–Trinajstić information content (AvgIpc) is 2.42. The third-order valence-electron chi connectivity index (χ3n) is 2.22. The second kappa shape index (κ2) is 4.84. The number of hydrogen-bond acceptors (Lipinski definition) is 3. The van der Waals surface area contributed by atoms with E-state index in [0.717, 1.165) is 11.3 Å². The molecule has 2 aromatic rings. The van der Waals surface area contributed by atoms with E-state index in [1.807, 2.05) is 42.5 Å². The Morgan fingerprint density at radius 1 is 1.18 bits per heavy atom. The minimum Gasteiger partial charge on any atom is -0.252 e. The van der Waals surface area contributed by atoms with Gasteiger partial charge in [0.15, 0.2) is 6.07 Å². The largest absolute Gasteiger partial charge is 0.376 e. The van der Waals surface area contributed by atoms with E-state index in [1.54, 1.807) is 12.3 Å². The molecule has 1 aromatic carbocycles. The Balaban J connectivity index is 2.50. The van der Waals surface area contributed by atoms with Gasteiger partial charge in [-0.25, -0.2) is 0 Å². The molecule has 0 saturated heterocycles. The fourth-order valence-corrected chi connectivity index (χ4v) is 1.42. The van der Waals surface area contributed by atoms with E-state index in [1.165, 1.54) is 4.68 Å². The van der Waals surface area contributed by atoms with Crippen molar-refractivity contribution in [3.8, 4) is 17.3 Å². The molecule has 0 amide bonds. The molecule has 0 spiro atoms. The molecule has 0 aliphatic carbocycles. The second-order valence-electron chi connectivity index (χ2n) is 3.29. The Labute approximate surface area is 98.6 Å². The normalized spacial score (nSPS) is 9.12. The van der Waals surface area contributed by atoms with Gasteiger partial charge in [-0.05, 0) is 10.7 Å². The van der Waals surface area contributed by atoms with Crippen molar-refractivity contribution in [2.75, 3.05) is 0 Å². The van der Waals surface area contributed by atoms with Crippen molar-refractivity contribution >= 4 is 11.6 Å². The van der Waals surface area contributed by atoms with Crippen molar-refractivity contribution in [3.05, 3.63) is 48.7 Å². The van der Waals surface area contributed by atoms with Crippen LogP contribution in [-0.2, 0) is 0 Å². The standard InChI is InChI=1S/C13H9N4/c14-9-12(10-15)17-8-4-7-13(16-17)11-5-2-1-3-6-11/h1-8,14H/q+1. The van der Waals surface area contributed by atoms with Gasteiger partial charge >= 0.3 is 5.70 Å². The molecule has 0 atom stereocenters. The topological polar surface area (TPSA) is 64.4 Å². The number of allylic oxidation sites excluding steroid dienone is 1. The zero-order valence-corrected chi connectivity index (χ0v) is 8.96. The minimum absolute atomic E-state index is 0.0581. The molecule has 1 aromatic heterocycles. The van der Waals surface area contributed by atoms with Crippen LogP contribution in [-0.4, -0.2) is 11.0 Å². The minimum atomic E-state index is 0.0581. The lowest BCUT2D eigenvalue weighted by atomic mass is 10.1.